The molecule has 1 aliphatic carbocycles. The van der Waals surface area contributed by atoms with Crippen LogP contribution in [-0.4, -0.2) is 30.7 Å². The zero-order chi connectivity index (χ0) is 19.2. The lowest BCUT2D eigenvalue weighted by Gasteiger charge is -2.27. The van der Waals surface area contributed by atoms with Crippen LogP contribution in [0.5, 0.6) is 0 Å². The SMILES string of the molecule is Cn1cnc2cc(-c3ccc(C(C)(C)O)nc3)nc(NC3CCC3)c2c1=O. The fourth-order valence-electron chi connectivity index (χ4n) is 3.13. The summed E-state index contributed by atoms with van der Waals surface area (Å²) in [5, 5.41) is 14.0. The predicted octanol–water partition coefficient (Wildman–Crippen LogP) is 2.58. The standard InChI is InChI=1S/C20H23N5O2/c1-20(2,27)16-8-7-12(10-21-16)14-9-15-17(19(26)25(3)11-22-15)18(24-14)23-13-5-4-6-13/h7-11,13,27H,4-6H2,1-3H3,(H,23,24). The highest BCUT2D eigenvalue weighted by Gasteiger charge is 2.21. The number of nitrogens with one attached hydrogen (secondary N) is 1. The molecule has 0 amide bonds. The van der Waals surface area contributed by atoms with Crippen molar-refractivity contribution in [1.82, 2.24) is 19.5 Å². The van der Waals surface area contributed by atoms with Gasteiger partial charge in [-0.15, -0.1) is 0 Å². The Balaban J connectivity index is 1.84. The maximum absolute atomic E-state index is 12.6. The van der Waals surface area contributed by atoms with E-state index in [-0.39, 0.29) is 5.56 Å². The van der Waals surface area contributed by atoms with E-state index in [1.54, 1.807) is 33.2 Å². The van der Waals surface area contributed by atoms with E-state index in [9.17, 15) is 9.90 Å². The van der Waals surface area contributed by atoms with E-state index in [4.69, 9.17) is 4.98 Å². The number of rotatable bonds is 4. The molecule has 0 aromatic carbocycles. The van der Waals surface area contributed by atoms with Crippen molar-refractivity contribution < 1.29 is 5.11 Å². The molecule has 7 nitrogen and oxygen atoms in total. The van der Waals surface area contributed by atoms with Crippen molar-refractivity contribution in [2.45, 2.75) is 44.8 Å². The van der Waals surface area contributed by atoms with Crippen molar-refractivity contribution in [3.63, 3.8) is 0 Å². The molecule has 3 aromatic rings. The van der Waals surface area contributed by atoms with Gasteiger partial charge in [0.05, 0.1) is 23.2 Å². The van der Waals surface area contributed by atoms with Crippen molar-refractivity contribution in [2.75, 3.05) is 5.32 Å². The van der Waals surface area contributed by atoms with Gasteiger partial charge in [-0.2, -0.15) is 0 Å². The Morgan fingerprint density at radius 1 is 1.26 bits per heavy atom. The first-order valence-corrected chi connectivity index (χ1v) is 9.15. The molecular formula is C20H23N5O2. The molecule has 3 heterocycles. The second kappa shape index (κ2) is 6.42. The number of hydrogen-bond donors (Lipinski definition) is 2. The van der Waals surface area contributed by atoms with Crippen LogP contribution >= 0.6 is 0 Å². The molecule has 0 saturated heterocycles. The summed E-state index contributed by atoms with van der Waals surface area (Å²) in [6, 6.07) is 5.82. The molecule has 0 aliphatic heterocycles. The van der Waals surface area contributed by atoms with Crippen LogP contribution < -0.4 is 10.9 Å². The van der Waals surface area contributed by atoms with Crippen molar-refractivity contribution >= 4 is 16.7 Å². The first kappa shape index (κ1) is 17.6. The molecule has 2 N–H and O–H groups in total. The maximum Gasteiger partial charge on any atom is 0.264 e. The van der Waals surface area contributed by atoms with Gasteiger partial charge in [0.2, 0.25) is 0 Å². The first-order chi connectivity index (χ1) is 12.8. The molecule has 7 heteroatoms. The molecule has 0 bridgehead atoms. The van der Waals surface area contributed by atoms with Crippen molar-refractivity contribution in [1.29, 1.82) is 0 Å². The lowest BCUT2D eigenvalue weighted by molar-refractivity contribution is 0.0739. The summed E-state index contributed by atoms with van der Waals surface area (Å²) in [5.74, 6) is 0.576. The van der Waals surface area contributed by atoms with Crippen LogP contribution in [0.15, 0.2) is 35.5 Å². The van der Waals surface area contributed by atoms with E-state index in [2.05, 4.69) is 15.3 Å². The van der Waals surface area contributed by atoms with E-state index in [0.29, 0.717) is 34.2 Å². The lowest BCUT2D eigenvalue weighted by atomic mass is 9.93. The van der Waals surface area contributed by atoms with Gasteiger partial charge in [-0.25, -0.2) is 9.97 Å². The summed E-state index contributed by atoms with van der Waals surface area (Å²) in [5.41, 5.74) is 1.59. The Morgan fingerprint density at radius 2 is 2.04 bits per heavy atom. The smallest absolute Gasteiger partial charge is 0.264 e. The minimum Gasteiger partial charge on any atom is -0.384 e. The maximum atomic E-state index is 12.6. The van der Waals surface area contributed by atoms with E-state index >= 15 is 0 Å². The largest absolute Gasteiger partial charge is 0.384 e. The molecule has 0 atom stereocenters. The second-order valence-electron chi connectivity index (χ2n) is 7.67. The monoisotopic (exact) mass is 365 g/mol. The minimum atomic E-state index is -1.000. The van der Waals surface area contributed by atoms with Gasteiger partial charge in [0.25, 0.3) is 5.56 Å². The van der Waals surface area contributed by atoms with Crippen LogP contribution in [0.1, 0.15) is 38.8 Å². The number of fused-ring (bicyclic) bond motifs is 1. The van der Waals surface area contributed by atoms with Crippen molar-refractivity contribution in [3.05, 3.63) is 46.8 Å². The normalized spacial score (nSPS) is 15.0. The van der Waals surface area contributed by atoms with Crippen LogP contribution in [-0.2, 0) is 12.6 Å². The number of aryl methyl sites for hydroxylation is 1. The summed E-state index contributed by atoms with van der Waals surface area (Å²) in [6.45, 7) is 3.40. The van der Waals surface area contributed by atoms with Gasteiger partial charge >= 0.3 is 0 Å². The summed E-state index contributed by atoms with van der Waals surface area (Å²) < 4.78 is 1.47. The van der Waals surface area contributed by atoms with Gasteiger partial charge in [-0.1, -0.05) is 0 Å². The lowest BCUT2D eigenvalue weighted by Crippen LogP contribution is -2.29. The Hall–Kier alpha value is -2.80. The molecule has 4 rings (SSSR count). The first-order valence-electron chi connectivity index (χ1n) is 9.15. The third-order valence-electron chi connectivity index (χ3n) is 5.03. The minimum absolute atomic E-state index is 0.114. The van der Waals surface area contributed by atoms with Crippen LogP contribution in [0.4, 0.5) is 5.82 Å². The van der Waals surface area contributed by atoms with Gasteiger partial charge in [-0.3, -0.25) is 9.78 Å². The molecule has 1 saturated carbocycles. The van der Waals surface area contributed by atoms with E-state index in [0.717, 1.165) is 18.4 Å². The number of nitrogens with zero attached hydrogens (tertiary/aromatic N) is 4. The molecule has 140 valence electrons. The van der Waals surface area contributed by atoms with Gasteiger partial charge in [0.1, 0.15) is 16.8 Å². The van der Waals surface area contributed by atoms with E-state index in [1.807, 2.05) is 12.1 Å². The third kappa shape index (κ3) is 3.30. The molecule has 1 fully saturated rings. The van der Waals surface area contributed by atoms with Gasteiger partial charge in [-0.05, 0) is 51.3 Å². The number of aromatic nitrogens is 4. The zero-order valence-corrected chi connectivity index (χ0v) is 15.7. The molecule has 1 aliphatic rings. The zero-order valence-electron chi connectivity index (χ0n) is 15.7. The second-order valence-corrected chi connectivity index (χ2v) is 7.67. The van der Waals surface area contributed by atoms with Crippen molar-refractivity contribution in [2.24, 2.45) is 7.05 Å². The molecule has 3 aromatic heterocycles. The van der Waals surface area contributed by atoms with Gasteiger partial charge < -0.3 is 15.0 Å². The molecular weight excluding hydrogens is 342 g/mol. The molecule has 27 heavy (non-hydrogen) atoms. The van der Waals surface area contributed by atoms with Crippen LogP contribution in [0, 0.1) is 0 Å². The van der Waals surface area contributed by atoms with Crippen LogP contribution in [0.2, 0.25) is 0 Å². The van der Waals surface area contributed by atoms with Gasteiger partial charge in [0.15, 0.2) is 0 Å². The highest BCUT2D eigenvalue weighted by Crippen LogP contribution is 2.29. The number of pyridine rings is 2. The summed E-state index contributed by atoms with van der Waals surface area (Å²) >= 11 is 0. The number of hydrogen-bond acceptors (Lipinski definition) is 6. The van der Waals surface area contributed by atoms with Crippen LogP contribution in [0.25, 0.3) is 22.2 Å². The molecule has 0 unspecified atom stereocenters. The average molecular weight is 365 g/mol. The Labute approximate surface area is 157 Å². The highest BCUT2D eigenvalue weighted by atomic mass is 16.3. The Kier molecular flexibility index (Phi) is 4.19. The van der Waals surface area contributed by atoms with E-state index in [1.165, 1.54) is 17.3 Å². The Morgan fingerprint density at radius 3 is 2.63 bits per heavy atom. The number of anilines is 1. The Bertz CT molecular complexity index is 1050. The molecule has 0 spiro atoms. The topological polar surface area (TPSA) is 92.9 Å². The quantitative estimate of drug-likeness (QED) is 0.738. The third-order valence-corrected chi connectivity index (χ3v) is 5.03. The fraction of sp³-hybridized carbons (Fsp3) is 0.400. The number of aliphatic hydroxyl groups is 1. The van der Waals surface area contributed by atoms with Crippen LogP contribution in [0.3, 0.4) is 0 Å². The summed E-state index contributed by atoms with van der Waals surface area (Å²) in [4.78, 5) is 26.1. The fourth-order valence-corrected chi connectivity index (χ4v) is 3.13. The summed E-state index contributed by atoms with van der Waals surface area (Å²) in [6.07, 6.45) is 6.56. The molecule has 0 radical (unpaired) electrons. The average Bonchev–Trinajstić information content (AvgIpc) is 2.60. The highest BCUT2D eigenvalue weighted by molar-refractivity contribution is 5.91. The predicted molar refractivity (Wildman–Crippen MR) is 105 cm³/mol. The van der Waals surface area contributed by atoms with Crippen molar-refractivity contribution in [3.8, 4) is 11.3 Å². The van der Waals surface area contributed by atoms with E-state index < -0.39 is 5.60 Å². The summed E-state index contributed by atoms with van der Waals surface area (Å²) in [7, 11) is 1.69. The van der Waals surface area contributed by atoms with Gasteiger partial charge in [0, 0.05) is 24.8 Å².